The summed E-state index contributed by atoms with van der Waals surface area (Å²) >= 11 is 0. The fraction of sp³-hybridized carbons (Fsp3) is 0.638. The number of ether oxygens (including phenoxy) is 10. The van der Waals surface area contributed by atoms with Crippen LogP contribution in [0.25, 0.3) is 0 Å². The molecule has 2 aromatic carbocycles. The molecule has 0 aliphatic carbocycles. The van der Waals surface area contributed by atoms with Crippen molar-refractivity contribution in [3.63, 3.8) is 0 Å². The smallest absolute Gasteiger partial charge is 0.397 e. The van der Waals surface area contributed by atoms with Crippen molar-refractivity contribution in [2.45, 2.75) is 154 Å². The third-order valence-corrected chi connectivity index (χ3v) is 11.6. The fourth-order valence-corrected chi connectivity index (χ4v) is 8.01. The maximum absolute atomic E-state index is 13.2. The van der Waals surface area contributed by atoms with Gasteiger partial charge in [0.2, 0.25) is 5.91 Å². The Balaban J connectivity index is 1.60. The number of benzene rings is 2. The molecular formula is C47H67NO21S. The molecule has 0 aromatic heterocycles. The molecule has 1 amide bonds. The average Bonchev–Trinajstić information content (AvgIpc) is 3.29. The molecule has 5 rings (SSSR count). The zero-order valence-electron chi connectivity index (χ0n) is 40.1. The van der Waals surface area contributed by atoms with Gasteiger partial charge in [-0.25, -0.2) is 4.18 Å². The number of carbonyl (C=O) groups excluding carboxylic acids is 3. The standard InChI is InChI=1S/C47H67NO21S/c1-9-20-60-42-35(52)39(33(50)29(64-42)24-62-44(54)46(3,4)5)68-41-32(48-26(2)49)38(37(61-22-28-18-14-11-15-19-28)31(66-41)23-59-21-27-16-12-10-13-17-27)67-43-36(53)40(69-70(56,57)58)34(51)30(65-43)25-63-45(55)47(6,7)8/h9-19,29-43,50-53H,1,20-25H2,2-8H3,(H,48,49)(H,56,57,58)/t29-,30-,31-,32-,33+,34+,35-,36-,37-,38-,39+,40+,41+,42-,43+/m1/s1. The summed E-state index contributed by atoms with van der Waals surface area (Å²) < 4.78 is 99.5. The molecule has 3 aliphatic rings. The van der Waals surface area contributed by atoms with Crippen molar-refractivity contribution in [2.24, 2.45) is 10.8 Å². The molecule has 0 bridgehead atoms. The van der Waals surface area contributed by atoms with Gasteiger partial charge in [0.05, 0.1) is 37.3 Å². The van der Waals surface area contributed by atoms with Gasteiger partial charge in [0, 0.05) is 6.92 Å². The van der Waals surface area contributed by atoms with Crippen molar-refractivity contribution >= 4 is 28.2 Å². The third-order valence-electron chi connectivity index (χ3n) is 11.2. The number of rotatable bonds is 21. The number of aliphatic hydroxyl groups is 4. The Hall–Kier alpha value is -4.02. The van der Waals surface area contributed by atoms with E-state index in [-0.39, 0.29) is 26.4 Å². The topological polar surface area (TPSA) is 300 Å². The van der Waals surface area contributed by atoms with Gasteiger partial charge in [0.15, 0.2) is 18.9 Å². The maximum Gasteiger partial charge on any atom is 0.397 e. The lowest BCUT2D eigenvalue weighted by Gasteiger charge is -2.50. The summed E-state index contributed by atoms with van der Waals surface area (Å²) in [5, 5.41) is 49.3. The second-order valence-corrected chi connectivity index (χ2v) is 20.1. The predicted octanol–water partition coefficient (Wildman–Crippen LogP) is 1.25. The van der Waals surface area contributed by atoms with Gasteiger partial charge in [-0.05, 0) is 52.7 Å². The van der Waals surface area contributed by atoms with Crippen molar-refractivity contribution in [3.8, 4) is 0 Å². The van der Waals surface area contributed by atoms with Crippen LogP contribution >= 0.6 is 0 Å². The molecule has 3 saturated heterocycles. The molecule has 15 atom stereocenters. The monoisotopic (exact) mass is 1010 g/mol. The van der Waals surface area contributed by atoms with E-state index < -0.39 is 144 Å². The van der Waals surface area contributed by atoms with E-state index in [9.17, 15) is 47.8 Å². The number of esters is 2. The quantitative estimate of drug-likeness (QED) is 0.0583. The molecule has 70 heavy (non-hydrogen) atoms. The highest BCUT2D eigenvalue weighted by molar-refractivity contribution is 7.80. The van der Waals surface area contributed by atoms with E-state index in [4.69, 9.17) is 51.6 Å². The molecule has 3 aliphatic heterocycles. The van der Waals surface area contributed by atoms with Gasteiger partial charge in [0.25, 0.3) is 0 Å². The summed E-state index contributed by atoms with van der Waals surface area (Å²) in [6.07, 6.45) is -22.9. The highest BCUT2D eigenvalue weighted by Gasteiger charge is 2.56. The summed E-state index contributed by atoms with van der Waals surface area (Å²) in [5.41, 5.74) is -0.543. The van der Waals surface area contributed by atoms with Gasteiger partial charge in [-0.1, -0.05) is 66.7 Å². The van der Waals surface area contributed by atoms with Crippen molar-refractivity contribution < 1.29 is 99.3 Å². The first kappa shape index (κ1) is 56.9. The Kier molecular flexibility index (Phi) is 20.4. The van der Waals surface area contributed by atoms with Crippen LogP contribution in [0.3, 0.4) is 0 Å². The molecule has 0 saturated carbocycles. The van der Waals surface area contributed by atoms with Gasteiger partial charge in [-0.2, -0.15) is 8.42 Å². The van der Waals surface area contributed by atoms with Crippen molar-refractivity contribution in [1.29, 1.82) is 0 Å². The minimum Gasteiger partial charge on any atom is -0.462 e. The van der Waals surface area contributed by atoms with Crippen LogP contribution in [0.4, 0.5) is 0 Å². The van der Waals surface area contributed by atoms with Crippen molar-refractivity contribution in [3.05, 3.63) is 84.4 Å². The van der Waals surface area contributed by atoms with Crippen LogP contribution in [-0.4, -0.2) is 170 Å². The number of nitrogens with one attached hydrogen (secondary N) is 1. The van der Waals surface area contributed by atoms with Crippen LogP contribution < -0.4 is 5.32 Å². The number of amides is 1. The molecule has 0 spiro atoms. The van der Waals surface area contributed by atoms with Crippen LogP contribution in [-0.2, 0) is 89.5 Å². The molecule has 2 aromatic rings. The average molecular weight is 1010 g/mol. The summed E-state index contributed by atoms with van der Waals surface area (Å²) in [4.78, 5) is 38.9. The van der Waals surface area contributed by atoms with Gasteiger partial charge >= 0.3 is 22.3 Å². The van der Waals surface area contributed by atoms with E-state index in [1.54, 1.807) is 71.9 Å². The molecule has 3 fully saturated rings. The molecule has 6 N–H and O–H groups in total. The highest BCUT2D eigenvalue weighted by atomic mass is 32.3. The van der Waals surface area contributed by atoms with Gasteiger partial charge in [-0.3, -0.25) is 18.9 Å². The Labute approximate surface area is 407 Å². The molecule has 3 heterocycles. The van der Waals surface area contributed by atoms with E-state index >= 15 is 0 Å². The number of aliphatic hydroxyl groups excluding tert-OH is 4. The first-order chi connectivity index (χ1) is 32.9. The highest BCUT2D eigenvalue weighted by Crippen LogP contribution is 2.36. The lowest BCUT2D eigenvalue weighted by molar-refractivity contribution is -0.368. The summed E-state index contributed by atoms with van der Waals surface area (Å²) in [5.74, 6) is -2.08. The molecular weight excluding hydrogens is 947 g/mol. The molecule has 392 valence electrons. The van der Waals surface area contributed by atoms with Crippen LogP contribution in [0.15, 0.2) is 73.3 Å². The van der Waals surface area contributed by atoms with Gasteiger partial charge in [0.1, 0.15) is 86.4 Å². The SMILES string of the molecule is C=CCO[C@@H]1O[C@H](COC(=O)C(C)(C)C)[C@H](O)[C@H](O[C@@H]2O[C@H](COCc3ccccc3)[C@@H](OCc3ccccc3)[C@H](O[C@@H]3O[C@H](COC(=O)C(C)(C)C)[C@H](O)[C@H](OS(=O)(=O)O)[C@H]3O)[C@H]2NC(C)=O)[C@H]1O. The second kappa shape index (κ2) is 25.1. The van der Waals surface area contributed by atoms with E-state index in [0.29, 0.717) is 5.56 Å². The van der Waals surface area contributed by atoms with Crippen molar-refractivity contribution in [2.75, 3.05) is 26.4 Å². The predicted molar refractivity (Wildman–Crippen MR) is 242 cm³/mol. The third kappa shape index (κ3) is 16.0. The summed E-state index contributed by atoms with van der Waals surface area (Å²) in [6, 6.07) is 16.4. The normalized spacial score (nSPS) is 31.9. The molecule has 0 radical (unpaired) electrons. The zero-order valence-corrected chi connectivity index (χ0v) is 41.0. The van der Waals surface area contributed by atoms with Gasteiger partial charge < -0.3 is 73.1 Å². The van der Waals surface area contributed by atoms with Crippen molar-refractivity contribution in [1.82, 2.24) is 5.32 Å². The molecule has 0 unspecified atom stereocenters. The van der Waals surface area contributed by atoms with Gasteiger partial charge in [-0.15, -0.1) is 6.58 Å². The van der Waals surface area contributed by atoms with Crippen LogP contribution in [0.2, 0.25) is 0 Å². The van der Waals surface area contributed by atoms with Crippen LogP contribution in [0.5, 0.6) is 0 Å². The Morgan fingerprint density at radius 3 is 1.64 bits per heavy atom. The minimum atomic E-state index is -5.39. The lowest BCUT2D eigenvalue weighted by Crippen LogP contribution is -2.70. The largest absolute Gasteiger partial charge is 0.462 e. The first-order valence-corrected chi connectivity index (χ1v) is 24.0. The van der Waals surface area contributed by atoms with E-state index in [2.05, 4.69) is 11.9 Å². The van der Waals surface area contributed by atoms with E-state index in [1.807, 2.05) is 30.3 Å². The Bertz CT molecular complexity index is 2100. The lowest BCUT2D eigenvalue weighted by atomic mass is 9.94. The zero-order chi connectivity index (χ0) is 51.6. The summed E-state index contributed by atoms with van der Waals surface area (Å²) in [7, 11) is -5.39. The summed E-state index contributed by atoms with van der Waals surface area (Å²) in [6.45, 7) is 12.6. The maximum atomic E-state index is 13.2. The number of hydrogen-bond acceptors (Lipinski definition) is 20. The van der Waals surface area contributed by atoms with E-state index in [1.165, 1.54) is 6.08 Å². The molecule has 22 nitrogen and oxygen atoms in total. The minimum absolute atomic E-state index is 0.0545. The fourth-order valence-electron chi connectivity index (χ4n) is 7.51. The Morgan fingerprint density at radius 2 is 1.13 bits per heavy atom. The van der Waals surface area contributed by atoms with Crippen LogP contribution in [0, 0.1) is 10.8 Å². The first-order valence-electron chi connectivity index (χ1n) is 22.6. The number of carbonyl (C=O) groups is 3. The van der Waals surface area contributed by atoms with Crippen LogP contribution in [0.1, 0.15) is 59.6 Å². The Morgan fingerprint density at radius 1 is 0.643 bits per heavy atom. The van der Waals surface area contributed by atoms with E-state index in [0.717, 1.165) is 12.5 Å². The molecule has 23 heteroatoms. The number of hydrogen-bond donors (Lipinski definition) is 6. The second-order valence-electron chi connectivity index (χ2n) is 19.1.